The third kappa shape index (κ3) is 8.84. The molecule has 0 aromatic heterocycles. The molecule has 74 valence electrons. The van der Waals surface area contributed by atoms with E-state index in [4.69, 9.17) is 4.74 Å². The zero-order chi connectivity index (χ0) is 9.94. The molecule has 0 fully saturated rings. The number of aliphatic imine (C=N–C) groups is 2. The van der Waals surface area contributed by atoms with E-state index in [9.17, 15) is 4.79 Å². The molecule has 0 aliphatic carbocycles. The molecule has 0 saturated heterocycles. The smallest absolute Gasteiger partial charge is 0.161 e. The van der Waals surface area contributed by atoms with Gasteiger partial charge in [0.25, 0.3) is 0 Å². The van der Waals surface area contributed by atoms with Gasteiger partial charge in [-0.05, 0) is 6.92 Å². The Morgan fingerprint density at radius 1 is 1.62 bits per heavy atom. The maximum atomic E-state index is 9.82. The van der Waals surface area contributed by atoms with Crippen molar-refractivity contribution in [3.8, 4) is 0 Å². The van der Waals surface area contributed by atoms with Gasteiger partial charge in [-0.3, -0.25) is 15.1 Å². The molecule has 0 aromatic carbocycles. The van der Waals surface area contributed by atoms with Gasteiger partial charge in [-0.25, -0.2) is 4.99 Å². The zero-order valence-electron chi connectivity index (χ0n) is 7.93. The van der Waals surface area contributed by atoms with Gasteiger partial charge in [0.15, 0.2) is 6.29 Å². The Balaban J connectivity index is 3.48. The molecule has 0 aromatic rings. The number of methoxy groups -OCH3 is 1. The summed E-state index contributed by atoms with van der Waals surface area (Å²) < 4.78 is 4.84. The molecule has 0 amide bonds. The Labute approximate surface area is 77.9 Å². The minimum Gasteiger partial charge on any atom is -0.383 e. The molecule has 0 rings (SSSR count). The first kappa shape index (κ1) is 11.9. The van der Waals surface area contributed by atoms with Crippen LogP contribution in [0, 0.1) is 0 Å². The summed E-state index contributed by atoms with van der Waals surface area (Å²) in [5, 5.41) is 3.08. The number of carbonyl (C=O) groups is 1. The molecule has 13 heavy (non-hydrogen) atoms. The third-order valence-corrected chi connectivity index (χ3v) is 1.25. The van der Waals surface area contributed by atoms with Crippen molar-refractivity contribution in [2.45, 2.75) is 13.1 Å². The SMILES string of the molecule is COCCNC(C)N=CN=CC=O. The number of ether oxygens (including phenoxy) is 1. The van der Waals surface area contributed by atoms with E-state index in [1.165, 1.54) is 6.34 Å². The lowest BCUT2D eigenvalue weighted by Gasteiger charge is -2.06. The standard InChI is InChI=1S/C8H15N3O2/c1-8(10-4-6-13-2)11-7-9-3-5-12/h3,5,7-8,10H,4,6H2,1-2H3. The Bertz CT molecular complexity index is 180. The minimum atomic E-state index is -0.0149. The Morgan fingerprint density at radius 2 is 2.38 bits per heavy atom. The number of nitrogens with zero attached hydrogens (tertiary/aromatic N) is 2. The van der Waals surface area contributed by atoms with Crippen LogP contribution in [0.3, 0.4) is 0 Å². The summed E-state index contributed by atoms with van der Waals surface area (Å²) >= 11 is 0. The third-order valence-electron chi connectivity index (χ3n) is 1.25. The lowest BCUT2D eigenvalue weighted by molar-refractivity contribution is -0.102. The van der Waals surface area contributed by atoms with Crippen molar-refractivity contribution in [2.24, 2.45) is 9.98 Å². The summed E-state index contributed by atoms with van der Waals surface area (Å²) in [5.74, 6) is 0. The van der Waals surface area contributed by atoms with Crippen LogP contribution in [0.4, 0.5) is 0 Å². The van der Waals surface area contributed by atoms with Gasteiger partial charge in [0, 0.05) is 13.7 Å². The molecular formula is C8H15N3O2. The summed E-state index contributed by atoms with van der Waals surface area (Å²) in [7, 11) is 1.64. The first-order chi connectivity index (χ1) is 6.31. The van der Waals surface area contributed by atoms with Crippen LogP contribution >= 0.6 is 0 Å². The summed E-state index contributed by atoms with van der Waals surface area (Å²) in [4.78, 5) is 17.4. The number of hydrogen-bond donors (Lipinski definition) is 1. The highest BCUT2D eigenvalue weighted by Crippen LogP contribution is 1.81. The van der Waals surface area contributed by atoms with Gasteiger partial charge < -0.3 is 4.74 Å². The van der Waals surface area contributed by atoms with Gasteiger partial charge in [-0.1, -0.05) is 0 Å². The number of carbonyl (C=O) groups excluding carboxylic acids is 1. The van der Waals surface area contributed by atoms with Crippen LogP contribution in [0.15, 0.2) is 9.98 Å². The van der Waals surface area contributed by atoms with Crippen LogP contribution in [0.2, 0.25) is 0 Å². The second-order valence-corrected chi connectivity index (χ2v) is 2.32. The lowest BCUT2D eigenvalue weighted by atomic mass is 10.5. The number of aldehydes is 1. The highest BCUT2D eigenvalue weighted by Gasteiger charge is 1.93. The Kier molecular flexibility index (Phi) is 8.28. The lowest BCUT2D eigenvalue weighted by Crippen LogP contribution is -2.27. The summed E-state index contributed by atoms with van der Waals surface area (Å²) in [6.45, 7) is 3.28. The zero-order valence-corrected chi connectivity index (χ0v) is 7.93. The predicted molar refractivity (Wildman–Crippen MR) is 52.4 cm³/mol. The fourth-order valence-corrected chi connectivity index (χ4v) is 0.635. The maximum absolute atomic E-state index is 9.82. The number of rotatable bonds is 7. The quantitative estimate of drug-likeness (QED) is 0.260. The molecular weight excluding hydrogens is 170 g/mol. The van der Waals surface area contributed by atoms with E-state index < -0.39 is 0 Å². The molecule has 0 aliphatic rings. The van der Waals surface area contributed by atoms with Crippen molar-refractivity contribution in [1.82, 2.24) is 5.32 Å². The van der Waals surface area contributed by atoms with E-state index in [0.717, 1.165) is 12.8 Å². The maximum Gasteiger partial charge on any atom is 0.161 e. The van der Waals surface area contributed by atoms with Gasteiger partial charge in [0.1, 0.15) is 6.34 Å². The predicted octanol–water partition coefficient (Wildman–Crippen LogP) is -0.134. The molecule has 1 atom stereocenters. The average molecular weight is 185 g/mol. The van der Waals surface area contributed by atoms with Crippen molar-refractivity contribution in [3.63, 3.8) is 0 Å². The van der Waals surface area contributed by atoms with E-state index in [1.807, 2.05) is 6.92 Å². The molecule has 0 bridgehead atoms. The van der Waals surface area contributed by atoms with E-state index in [-0.39, 0.29) is 6.17 Å². The van der Waals surface area contributed by atoms with Crippen molar-refractivity contribution in [3.05, 3.63) is 0 Å². The molecule has 0 heterocycles. The van der Waals surface area contributed by atoms with E-state index in [1.54, 1.807) is 7.11 Å². The molecule has 1 N–H and O–H groups in total. The molecule has 1 unspecified atom stereocenters. The number of nitrogens with one attached hydrogen (secondary N) is 1. The van der Waals surface area contributed by atoms with Crippen LogP contribution in [0.5, 0.6) is 0 Å². The van der Waals surface area contributed by atoms with E-state index >= 15 is 0 Å². The van der Waals surface area contributed by atoms with Crippen molar-refractivity contribution >= 4 is 18.8 Å². The number of hydrogen-bond acceptors (Lipinski definition) is 4. The van der Waals surface area contributed by atoms with Crippen molar-refractivity contribution in [1.29, 1.82) is 0 Å². The molecule has 0 radical (unpaired) electrons. The average Bonchev–Trinajstić information content (AvgIpc) is 2.13. The van der Waals surface area contributed by atoms with Crippen molar-refractivity contribution in [2.75, 3.05) is 20.3 Å². The highest BCUT2D eigenvalue weighted by atomic mass is 16.5. The van der Waals surface area contributed by atoms with Gasteiger partial charge in [-0.2, -0.15) is 0 Å². The topological polar surface area (TPSA) is 63.0 Å². The summed E-state index contributed by atoms with van der Waals surface area (Å²) in [5.41, 5.74) is 0. The normalized spacial score (nSPS) is 14.0. The summed E-state index contributed by atoms with van der Waals surface area (Å²) in [6.07, 6.45) is 3.08. The second-order valence-electron chi connectivity index (χ2n) is 2.32. The molecule has 5 heteroatoms. The Morgan fingerprint density at radius 3 is 3.00 bits per heavy atom. The first-order valence-corrected chi connectivity index (χ1v) is 4.02. The van der Waals surface area contributed by atoms with Gasteiger partial charge in [-0.15, -0.1) is 0 Å². The van der Waals surface area contributed by atoms with Crippen LogP contribution in [-0.4, -0.2) is 45.3 Å². The molecule has 0 saturated carbocycles. The molecule has 0 aliphatic heterocycles. The van der Waals surface area contributed by atoms with Gasteiger partial charge in [0.2, 0.25) is 0 Å². The minimum absolute atomic E-state index is 0.0149. The van der Waals surface area contributed by atoms with Crippen molar-refractivity contribution < 1.29 is 9.53 Å². The van der Waals surface area contributed by atoms with Gasteiger partial charge in [0.05, 0.1) is 19.0 Å². The second kappa shape index (κ2) is 9.02. The van der Waals surface area contributed by atoms with E-state index in [0.29, 0.717) is 12.9 Å². The largest absolute Gasteiger partial charge is 0.383 e. The monoisotopic (exact) mass is 185 g/mol. The van der Waals surface area contributed by atoms with Crippen LogP contribution in [0.1, 0.15) is 6.92 Å². The van der Waals surface area contributed by atoms with Crippen LogP contribution in [-0.2, 0) is 9.53 Å². The van der Waals surface area contributed by atoms with Gasteiger partial charge >= 0.3 is 0 Å². The van der Waals surface area contributed by atoms with Crippen LogP contribution < -0.4 is 5.32 Å². The summed E-state index contributed by atoms with van der Waals surface area (Å²) in [6, 6.07) is 0. The fraction of sp³-hybridized carbons (Fsp3) is 0.625. The fourth-order valence-electron chi connectivity index (χ4n) is 0.635. The molecule has 5 nitrogen and oxygen atoms in total. The van der Waals surface area contributed by atoms with Crippen LogP contribution in [0.25, 0.3) is 0 Å². The highest BCUT2D eigenvalue weighted by molar-refractivity contribution is 6.14. The molecule has 0 spiro atoms. The first-order valence-electron chi connectivity index (χ1n) is 4.02. The Hall–Kier alpha value is -1.07. The van der Waals surface area contributed by atoms with E-state index in [2.05, 4.69) is 15.3 Å².